The predicted molar refractivity (Wildman–Crippen MR) is 112 cm³/mol. The lowest BCUT2D eigenvalue weighted by Gasteiger charge is -2.05. The molecule has 1 amide bonds. The zero-order valence-electron chi connectivity index (χ0n) is 15.7. The minimum absolute atomic E-state index is 0.313. The first-order valence-electron chi connectivity index (χ1n) is 9.07. The van der Waals surface area contributed by atoms with Crippen LogP contribution in [0.15, 0.2) is 77.9 Å². The molecule has 1 aromatic heterocycles. The Morgan fingerprint density at radius 2 is 1.68 bits per heavy atom. The van der Waals surface area contributed by atoms with Crippen molar-refractivity contribution in [1.29, 1.82) is 0 Å². The number of H-pyrrole nitrogens is 1. The van der Waals surface area contributed by atoms with Gasteiger partial charge in [0.1, 0.15) is 5.69 Å². The minimum atomic E-state index is -0.313. The molecule has 28 heavy (non-hydrogen) atoms. The normalized spacial score (nSPS) is 11.6. The average Bonchev–Trinajstić information content (AvgIpc) is 3.13. The summed E-state index contributed by atoms with van der Waals surface area (Å²) in [7, 11) is 0. The molecule has 0 spiro atoms. The van der Waals surface area contributed by atoms with Crippen LogP contribution in [-0.4, -0.2) is 21.8 Å². The van der Waals surface area contributed by atoms with E-state index in [1.807, 2.05) is 62.4 Å². The zero-order chi connectivity index (χ0) is 19.5. The number of rotatable bonds is 4. The molecule has 0 saturated carbocycles. The van der Waals surface area contributed by atoms with Crippen molar-refractivity contribution >= 4 is 22.4 Å². The van der Waals surface area contributed by atoms with Gasteiger partial charge < -0.3 is 0 Å². The van der Waals surface area contributed by atoms with Crippen molar-refractivity contribution in [2.45, 2.75) is 13.8 Å². The molecular weight excluding hydrogens is 348 g/mol. The van der Waals surface area contributed by atoms with Crippen molar-refractivity contribution in [3.8, 4) is 11.3 Å². The number of hydrogen-bond donors (Lipinski definition) is 2. The van der Waals surface area contributed by atoms with E-state index in [1.165, 1.54) is 5.39 Å². The fourth-order valence-corrected chi connectivity index (χ4v) is 3.17. The Hall–Kier alpha value is -3.73. The van der Waals surface area contributed by atoms with Gasteiger partial charge in [-0.3, -0.25) is 9.89 Å². The van der Waals surface area contributed by atoms with Crippen LogP contribution in [0.25, 0.3) is 22.0 Å². The minimum Gasteiger partial charge on any atom is -0.272 e. The summed E-state index contributed by atoms with van der Waals surface area (Å²) in [6, 6.07) is 24.0. The quantitative estimate of drug-likeness (QED) is 0.405. The highest BCUT2D eigenvalue weighted by atomic mass is 16.2. The molecule has 0 aliphatic heterocycles. The Bertz CT molecular complexity index is 1180. The van der Waals surface area contributed by atoms with Gasteiger partial charge in [0.2, 0.25) is 0 Å². The smallest absolute Gasteiger partial charge is 0.272 e. The highest BCUT2D eigenvalue weighted by molar-refractivity contribution is 6.03. The fourth-order valence-electron chi connectivity index (χ4n) is 3.17. The maximum Gasteiger partial charge on any atom is 0.289 e. The Balaban J connectivity index is 1.54. The first-order valence-corrected chi connectivity index (χ1v) is 9.07. The van der Waals surface area contributed by atoms with Gasteiger partial charge in [-0.1, -0.05) is 66.7 Å². The number of carbonyl (C=O) groups excluding carboxylic acids is 1. The van der Waals surface area contributed by atoms with Crippen LogP contribution in [0.1, 0.15) is 28.5 Å². The van der Waals surface area contributed by atoms with Crippen LogP contribution in [0.2, 0.25) is 0 Å². The molecule has 5 heteroatoms. The molecule has 2 N–H and O–H groups in total. The highest BCUT2D eigenvalue weighted by Gasteiger charge is 2.16. The number of amides is 1. The monoisotopic (exact) mass is 368 g/mol. The molecule has 4 rings (SSSR count). The molecule has 0 aliphatic rings. The second-order valence-electron chi connectivity index (χ2n) is 6.64. The third kappa shape index (κ3) is 3.42. The van der Waals surface area contributed by atoms with Crippen LogP contribution in [0.3, 0.4) is 0 Å². The van der Waals surface area contributed by atoms with Gasteiger partial charge in [0.05, 0.1) is 11.4 Å². The second-order valence-corrected chi connectivity index (χ2v) is 6.64. The maximum absolute atomic E-state index is 12.6. The van der Waals surface area contributed by atoms with Gasteiger partial charge in [0.15, 0.2) is 0 Å². The molecule has 138 valence electrons. The van der Waals surface area contributed by atoms with E-state index >= 15 is 0 Å². The van der Waals surface area contributed by atoms with Crippen molar-refractivity contribution in [2.75, 3.05) is 0 Å². The summed E-state index contributed by atoms with van der Waals surface area (Å²) >= 11 is 0. The number of nitrogens with zero attached hydrogens (tertiary/aromatic N) is 2. The largest absolute Gasteiger partial charge is 0.289 e. The number of hydrazone groups is 1. The Labute approximate surface area is 163 Å². The van der Waals surface area contributed by atoms with Gasteiger partial charge in [-0.25, -0.2) is 5.43 Å². The first kappa shape index (κ1) is 17.7. The Morgan fingerprint density at radius 1 is 0.964 bits per heavy atom. The van der Waals surface area contributed by atoms with E-state index < -0.39 is 0 Å². The molecule has 3 aromatic carbocycles. The number of aromatic nitrogens is 2. The van der Waals surface area contributed by atoms with E-state index in [0.717, 1.165) is 33.5 Å². The Kier molecular flexibility index (Phi) is 4.72. The van der Waals surface area contributed by atoms with E-state index in [-0.39, 0.29) is 5.91 Å². The van der Waals surface area contributed by atoms with Crippen LogP contribution in [0.4, 0.5) is 0 Å². The molecule has 1 heterocycles. The summed E-state index contributed by atoms with van der Waals surface area (Å²) in [4.78, 5) is 12.6. The Morgan fingerprint density at radius 3 is 2.46 bits per heavy atom. The third-order valence-corrected chi connectivity index (χ3v) is 4.78. The van der Waals surface area contributed by atoms with Crippen molar-refractivity contribution in [2.24, 2.45) is 5.10 Å². The van der Waals surface area contributed by atoms with Gasteiger partial charge >= 0.3 is 0 Å². The molecule has 0 saturated heterocycles. The summed E-state index contributed by atoms with van der Waals surface area (Å²) in [6.07, 6.45) is 0. The zero-order valence-corrected chi connectivity index (χ0v) is 15.7. The summed E-state index contributed by atoms with van der Waals surface area (Å²) in [5, 5.41) is 13.7. The van der Waals surface area contributed by atoms with Crippen molar-refractivity contribution in [3.63, 3.8) is 0 Å². The SMILES string of the molecule is C/C(=N/NC(=O)c1[nH]nc(-c2ccccc2)c1C)c1ccc2ccccc2c1. The van der Waals surface area contributed by atoms with Gasteiger partial charge in [0, 0.05) is 11.1 Å². The standard InChI is InChI=1S/C23H20N4O/c1-15-21(18-9-4-3-5-10-18)25-26-22(15)23(28)27-24-16(2)19-13-12-17-8-6-7-11-20(17)14-19/h3-14H,1-2H3,(H,25,26)(H,27,28)/b24-16-. The van der Waals surface area contributed by atoms with Gasteiger partial charge in [0.25, 0.3) is 5.91 Å². The number of fused-ring (bicyclic) bond motifs is 1. The van der Waals surface area contributed by atoms with Gasteiger partial charge in [-0.15, -0.1) is 0 Å². The lowest BCUT2D eigenvalue weighted by atomic mass is 10.0. The molecule has 0 aliphatic carbocycles. The highest BCUT2D eigenvalue weighted by Crippen LogP contribution is 2.22. The number of nitrogens with one attached hydrogen (secondary N) is 2. The van der Waals surface area contributed by atoms with Crippen LogP contribution < -0.4 is 5.43 Å². The van der Waals surface area contributed by atoms with E-state index in [1.54, 1.807) is 0 Å². The predicted octanol–water partition coefficient (Wildman–Crippen LogP) is 4.69. The lowest BCUT2D eigenvalue weighted by molar-refractivity contribution is 0.0949. The molecule has 4 aromatic rings. The molecule has 0 atom stereocenters. The lowest BCUT2D eigenvalue weighted by Crippen LogP contribution is -2.20. The van der Waals surface area contributed by atoms with Crippen molar-refractivity contribution in [1.82, 2.24) is 15.6 Å². The van der Waals surface area contributed by atoms with Crippen LogP contribution in [-0.2, 0) is 0 Å². The maximum atomic E-state index is 12.6. The summed E-state index contributed by atoms with van der Waals surface area (Å²) in [6.45, 7) is 3.75. The second kappa shape index (κ2) is 7.48. The summed E-state index contributed by atoms with van der Waals surface area (Å²) in [5.41, 5.74) is 7.26. The number of carbonyl (C=O) groups is 1. The number of hydrogen-bond acceptors (Lipinski definition) is 3. The molecular formula is C23H20N4O. The average molecular weight is 368 g/mol. The van der Waals surface area contributed by atoms with Gasteiger partial charge in [-0.05, 0) is 36.2 Å². The molecule has 0 radical (unpaired) electrons. The molecule has 5 nitrogen and oxygen atoms in total. The molecule has 0 bridgehead atoms. The number of aromatic amines is 1. The van der Waals surface area contributed by atoms with E-state index in [4.69, 9.17) is 0 Å². The first-order chi connectivity index (χ1) is 13.6. The van der Waals surface area contributed by atoms with E-state index in [0.29, 0.717) is 5.69 Å². The van der Waals surface area contributed by atoms with E-state index in [9.17, 15) is 4.79 Å². The molecule has 0 unspecified atom stereocenters. The van der Waals surface area contributed by atoms with Crippen LogP contribution >= 0.6 is 0 Å². The summed E-state index contributed by atoms with van der Waals surface area (Å²) in [5.74, 6) is -0.313. The van der Waals surface area contributed by atoms with Crippen LogP contribution in [0, 0.1) is 6.92 Å². The van der Waals surface area contributed by atoms with Crippen LogP contribution in [0.5, 0.6) is 0 Å². The van der Waals surface area contributed by atoms with Crippen molar-refractivity contribution < 1.29 is 4.79 Å². The van der Waals surface area contributed by atoms with Crippen molar-refractivity contribution in [3.05, 3.63) is 89.6 Å². The number of benzene rings is 3. The van der Waals surface area contributed by atoms with Gasteiger partial charge in [-0.2, -0.15) is 10.2 Å². The fraction of sp³-hybridized carbons (Fsp3) is 0.0870. The summed E-state index contributed by atoms with van der Waals surface area (Å²) < 4.78 is 0. The molecule has 0 fully saturated rings. The third-order valence-electron chi connectivity index (χ3n) is 4.78. The topological polar surface area (TPSA) is 70.1 Å². The van der Waals surface area contributed by atoms with E-state index in [2.05, 4.69) is 45.0 Å².